The molecule has 2 aromatic heterocycles. The van der Waals surface area contributed by atoms with Crippen LogP contribution >= 0.6 is 0 Å². The highest BCUT2D eigenvalue weighted by Gasteiger charge is 2.19. The molecule has 0 saturated heterocycles. The van der Waals surface area contributed by atoms with E-state index >= 15 is 0 Å². The molecule has 0 saturated carbocycles. The SMILES string of the molecule is CN(C)c1ccc(C(C)(C)C)c2nncn12. The van der Waals surface area contributed by atoms with Crippen LogP contribution in [0.4, 0.5) is 5.82 Å². The van der Waals surface area contributed by atoms with Crippen molar-refractivity contribution in [1.82, 2.24) is 14.6 Å². The van der Waals surface area contributed by atoms with Crippen molar-refractivity contribution in [3.05, 3.63) is 24.0 Å². The molecule has 0 aliphatic heterocycles. The predicted molar refractivity (Wildman–Crippen MR) is 66.0 cm³/mol. The van der Waals surface area contributed by atoms with Gasteiger partial charge in [-0.05, 0) is 11.5 Å². The number of pyridine rings is 1. The second-order valence-electron chi connectivity index (χ2n) is 5.27. The lowest BCUT2D eigenvalue weighted by Gasteiger charge is -2.22. The average Bonchev–Trinajstić information content (AvgIpc) is 2.61. The molecule has 0 fully saturated rings. The summed E-state index contributed by atoms with van der Waals surface area (Å²) in [4.78, 5) is 2.06. The molecule has 0 aliphatic carbocycles. The highest BCUT2D eigenvalue weighted by atomic mass is 15.3. The third-order valence-electron chi connectivity index (χ3n) is 2.70. The minimum Gasteiger partial charge on any atom is -0.364 e. The van der Waals surface area contributed by atoms with E-state index in [-0.39, 0.29) is 5.41 Å². The zero-order valence-electron chi connectivity index (χ0n) is 10.5. The Morgan fingerprint density at radius 3 is 2.44 bits per heavy atom. The van der Waals surface area contributed by atoms with Gasteiger partial charge in [0.05, 0.1) is 0 Å². The largest absolute Gasteiger partial charge is 0.364 e. The molecule has 0 spiro atoms. The number of rotatable bonds is 1. The first kappa shape index (κ1) is 10.9. The summed E-state index contributed by atoms with van der Waals surface area (Å²) >= 11 is 0. The Morgan fingerprint density at radius 1 is 1.19 bits per heavy atom. The van der Waals surface area contributed by atoms with Gasteiger partial charge < -0.3 is 4.90 Å². The third kappa shape index (κ3) is 1.64. The molecule has 0 unspecified atom stereocenters. The van der Waals surface area contributed by atoms with E-state index < -0.39 is 0 Å². The van der Waals surface area contributed by atoms with Crippen LogP contribution in [0.15, 0.2) is 18.5 Å². The van der Waals surface area contributed by atoms with Crippen LogP contribution in [0.1, 0.15) is 26.3 Å². The van der Waals surface area contributed by atoms with Gasteiger partial charge in [-0.25, -0.2) is 0 Å². The lowest BCUT2D eigenvalue weighted by molar-refractivity contribution is 0.591. The fourth-order valence-electron chi connectivity index (χ4n) is 1.85. The first-order chi connectivity index (χ1) is 7.41. The Morgan fingerprint density at radius 2 is 1.88 bits per heavy atom. The van der Waals surface area contributed by atoms with E-state index in [4.69, 9.17) is 0 Å². The molecule has 0 radical (unpaired) electrons. The maximum Gasteiger partial charge on any atom is 0.165 e. The molecule has 4 nitrogen and oxygen atoms in total. The summed E-state index contributed by atoms with van der Waals surface area (Å²) in [6.07, 6.45) is 1.76. The van der Waals surface area contributed by atoms with E-state index in [1.54, 1.807) is 6.33 Å². The van der Waals surface area contributed by atoms with Gasteiger partial charge in [-0.15, -0.1) is 10.2 Å². The number of fused-ring (bicyclic) bond motifs is 1. The summed E-state index contributed by atoms with van der Waals surface area (Å²) in [6.45, 7) is 6.56. The molecule has 0 aliphatic rings. The Bertz CT molecular complexity index is 505. The number of hydrogen-bond acceptors (Lipinski definition) is 3. The van der Waals surface area contributed by atoms with Gasteiger partial charge in [0.25, 0.3) is 0 Å². The standard InChI is InChI=1S/C12H18N4/c1-12(2,3)9-6-7-10(15(4)5)16-8-13-14-11(9)16/h6-8H,1-5H3. The average molecular weight is 218 g/mol. The van der Waals surface area contributed by atoms with Crippen molar-refractivity contribution in [3.63, 3.8) is 0 Å². The van der Waals surface area contributed by atoms with Gasteiger partial charge in [0.2, 0.25) is 0 Å². The van der Waals surface area contributed by atoms with Crippen LogP contribution in [-0.2, 0) is 5.41 Å². The summed E-state index contributed by atoms with van der Waals surface area (Å²) in [6, 6.07) is 4.25. The highest BCUT2D eigenvalue weighted by molar-refractivity contribution is 5.57. The molecule has 4 heteroatoms. The zero-order chi connectivity index (χ0) is 11.9. The molecule has 2 heterocycles. The molecule has 86 valence electrons. The molecule has 0 atom stereocenters. The smallest absolute Gasteiger partial charge is 0.165 e. The van der Waals surface area contributed by atoms with Crippen LogP contribution in [0.3, 0.4) is 0 Å². The predicted octanol–water partition coefficient (Wildman–Crippen LogP) is 2.09. The zero-order valence-corrected chi connectivity index (χ0v) is 10.5. The topological polar surface area (TPSA) is 33.4 Å². The van der Waals surface area contributed by atoms with Crippen LogP contribution in [0.25, 0.3) is 5.65 Å². The van der Waals surface area contributed by atoms with Gasteiger partial charge in [0.15, 0.2) is 5.65 Å². The molecule has 16 heavy (non-hydrogen) atoms. The lowest BCUT2D eigenvalue weighted by atomic mass is 9.88. The Labute approximate surface area is 95.9 Å². The molecule has 2 aromatic rings. The Balaban J connectivity index is 2.74. The second-order valence-corrected chi connectivity index (χ2v) is 5.27. The van der Waals surface area contributed by atoms with Crippen molar-refractivity contribution in [2.75, 3.05) is 19.0 Å². The molecular formula is C12H18N4. The van der Waals surface area contributed by atoms with Gasteiger partial charge >= 0.3 is 0 Å². The fourth-order valence-corrected chi connectivity index (χ4v) is 1.85. The first-order valence-corrected chi connectivity index (χ1v) is 5.42. The molecule has 0 aromatic carbocycles. The highest BCUT2D eigenvalue weighted by Crippen LogP contribution is 2.27. The van der Waals surface area contributed by atoms with E-state index in [0.717, 1.165) is 11.5 Å². The number of nitrogens with zero attached hydrogens (tertiary/aromatic N) is 4. The van der Waals surface area contributed by atoms with Crippen molar-refractivity contribution < 1.29 is 0 Å². The van der Waals surface area contributed by atoms with Crippen molar-refractivity contribution in [2.24, 2.45) is 0 Å². The van der Waals surface area contributed by atoms with Crippen LogP contribution < -0.4 is 4.90 Å². The third-order valence-corrected chi connectivity index (χ3v) is 2.70. The molecular weight excluding hydrogens is 200 g/mol. The maximum atomic E-state index is 4.21. The number of hydrogen-bond donors (Lipinski definition) is 0. The normalized spacial score (nSPS) is 12.1. The Kier molecular flexibility index (Phi) is 2.37. The van der Waals surface area contributed by atoms with Gasteiger partial charge in [0.1, 0.15) is 12.1 Å². The summed E-state index contributed by atoms with van der Waals surface area (Å²) in [7, 11) is 4.04. The molecule has 2 rings (SSSR count). The number of anilines is 1. The van der Waals surface area contributed by atoms with E-state index in [9.17, 15) is 0 Å². The summed E-state index contributed by atoms with van der Waals surface area (Å²) in [5.41, 5.74) is 2.24. The second kappa shape index (κ2) is 3.47. The monoisotopic (exact) mass is 218 g/mol. The summed E-state index contributed by atoms with van der Waals surface area (Å²) < 4.78 is 2.03. The van der Waals surface area contributed by atoms with E-state index in [1.165, 1.54) is 5.56 Å². The van der Waals surface area contributed by atoms with E-state index in [2.05, 4.69) is 48.0 Å². The first-order valence-electron chi connectivity index (χ1n) is 5.42. The maximum absolute atomic E-state index is 4.21. The van der Waals surface area contributed by atoms with Crippen molar-refractivity contribution in [3.8, 4) is 0 Å². The van der Waals surface area contributed by atoms with E-state index in [1.807, 2.05) is 18.5 Å². The van der Waals surface area contributed by atoms with Crippen molar-refractivity contribution >= 4 is 11.5 Å². The fraction of sp³-hybridized carbons (Fsp3) is 0.500. The van der Waals surface area contributed by atoms with Gasteiger partial charge in [0, 0.05) is 19.7 Å². The molecule has 0 bridgehead atoms. The van der Waals surface area contributed by atoms with Crippen molar-refractivity contribution in [1.29, 1.82) is 0 Å². The quantitative estimate of drug-likeness (QED) is 0.735. The van der Waals surface area contributed by atoms with Crippen LogP contribution in [-0.4, -0.2) is 28.7 Å². The summed E-state index contributed by atoms with van der Waals surface area (Å²) in [5.74, 6) is 1.09. The summed E-state index contributed by atoms with van der Waals surface area (Å²) in [5, 5.41) is 8.22. The molecule has 0 N–H and O–H groups in total. The van der Waals surface area contributed by atoms with Gasteiger partial charge in [-0.1, -0.05) is 26.8 Å². The van der Waals surface area contributed by atoms with E-state index in [0.29, 0.717) is 0 Å². The van der Waals surface area contributed by atoms with Gasteiger partial charge in [-0.3, -0.25) is 4.40 Å². The minimum atomic E-state index is 0.0825. The lowest BCUT2D eigenvalue weighted by Crippen LogP contribution is -2.17. The number of aromatic nitrogens is 3. The van der Waals surface area contributed by atoms with Gasteiger partial charge in [-0.2, -0.15) is 0 Å². The molecule has 0 amide bonds. The van der Waals surface area contributed by atoms with Crippen molar-refractivity contribution in [2.45, 2.75) is 26.2 Å². The minimum absolute atomic E-state index is 0.0825. The van der Waals surface area contributed by atoms with Crippen LogP contribution in [0.2, 0.25) is 0 Å². The Hall–Kier alpha value is -1.58. The van der Waals surface area contributed by atoms with Crippen LogP contribution in [0, 0.1) is 0 Å². The van der Waals surface area contributed by atoms with Crippen LogP contribution in [0.5, 0.6) is 0 Å².